The van der Waals surface area contributed by atoms with Gasteiger partial charge in [0, 0.05) is 49.1 Å². The topological polar surface area (TPSA) is 89.6 Å². The van der Waals surface area contributed by atoms with Crippen LogP contribution in [-0.4, -0.2) is 53.1 Å². The smallest absolute Gasteiger partial charge is 0.244 e. The van der Waals surface area contributed by atoms with E-state index in [9.17, 15) is 9.59 Å². The van der Waals surface area contributed by atoms with Crippen molar-refractivity contribution >= 4 is 40.8 Å². The number of hydrogen-bond donors (Lipinski definition) is 2. The molecular weight excluding hydrogens is 380 g/mol. The zero-order valence-corrected chi connectivity index (χ0v) is 17.3. The molecule has 7 nitrogen and oxygen atoms in total. The molecule has 0 atom stereocenters. The fourth-order valence-corrected chi connectivity index (χ4v) is 3.46. The van der Waals surface area contributed by atoms with Crippen LogP contribution in [0.2, 0.25) is 0 Å². The number of likely N-dealkylation sites (N-methyl/N-ethyl adjacent to an activating group) is 1. The van der Waals surface area contributed by atoms with Gasteiger partial charge in [-0.15, -0.1) is 12.4 Å². The molecule has 0 aliphatic carbocycles. The molecule has 2 heterocycles. The number of nitrogens with two attached hydrogens (primary N) is 1. The third-order valence-corrected chi connectivity index (χ3v) is 5.29. The fraction of sp³-hybridized carbons (Fsp3) is 0.500. The number of rotatable bonds is 6. The number of aromatic nitrogens is 1. The first-order valence-corrected chi connectivity index (χ1v) is 9.51. The molecule has 0 saturated carbocycles. The van der Waals surface area contributed by atoms with Gasteiger partial charge in [0.15, 0.2) is 0 Å². The van der Waals surface area contributed by atoms with Crippen LogP contribution < -0.4 is 11.1 Å². The minimum atomic E-state index is -0.880. The van der Waals surface area contributed by atoms with Gasteiger partial charge in [0.25, 0.3) is 0 Å². The van der Waals surface area contributed by atoms with Crippen molar-refractivity contribution in [2.45, 2.75) is 38.8 Å². The SMILES string of the molecule is CCN(CC)C(=O)Cn1ccc2cc(NC(=O)C3(N)CCOCC3)ccc21.Cl. The van der Waals surface area contributed by atoms with Crippen LogP contribution in [0.3, 0.4) is 0 Å². The fourth-order valence-electron chi connectivity index (χ4n) is 3.46. The van der Waals surface area contributed by atoms with E-state index >= 15 is 0 Å². The third-order valence-electron chi connectivity index (χ3n) is 5.29. The minimum absolute atomic E-state index is 0. The van der Waals surface area contributed by atoms with E-state index < -0.39 is 5.54 Å². The molecule has 3 rings (SSSR count). The Morgan fingerprint density at radius 3 is 2.54 bits per heavy atom. The highest BCUT2D eigenvalue weighted by Crippen LogP contribution is 2.24. The summed E-state index contributed by atoms with van der Waals surface area (Å²) in [5.74, 6) is -0.0826. The van der Waals surface area contributed by atoms with Crippen molar-refractivity contribution in [3.05, 3.63) is 30.5 Å². The molecule has 1 saturated heterocycles. The van der Waals surface area contributed by atoms with Crippen LogP contribution in [0.5, 0.6) is 0 Å². The molecule has 0 radical (unpaired) electrons. The number of halogens is 1. The van der Waals surface area contributed by atoms with Crippen molar-refractivity contribution in [2.75, 3.05) is 31.6 Å². The van der Waals surface area contributed by atoms with E-state index in [1.165, 1.54) is 0 Å². The molecule has 1 aromatic heterocycles. The van der Waals surface area contributed by atoms with Gasteiger partial charge in [-0.2, -0.15) is 0 Å². The van der Waals surface area contributed by atoms with E-state index in [-0.39, 0.29) is 24.2 Å². The van der Waals surface area contributed by atoms with Crippen molar-refractivity contribution in [3.8, 4) is 0 Å². The number of anilines is 1. The molecule has 1 aromatic carbocycles. The van der Waals surface area contributed by atoms with Gasteiger partial charge in [0.1, 0.15) is 12.1 Å². The van der Waals surface area contributed by atoms with Gasteiger partial charge in [0.2, 0.25) is 11.8 Å². The minimum Gasteiger partial charge on any atom is -0.381 e. The number of nitrogens with zero attached hydrogens (tertiary/aromatic N) is 2. The van der Waals surface area contributed by atoms with Crippen molar-refractivity contribution in [2.24, 2.45) is 5.73 Å². The predicted molar refractivity (Wildman–Crippen MR) is 113 cm³/mol. The maximum Gasteiger partial charge on any atom is 0.244 e. The zero-order chi connectivity index (χ0) is 19.4. The van der Waals surface area contributed by atoms with E-state index in [0.717, 1.165) is 10.9 Å². The Morgan fingerprint density at radius 2 is 1.89 bits per heavy atom. The second-order valence-corrected chi connectivity index (χ2v) is 7.01. The number of amides is 2. The highest BCUT2D eigenvalue weighted by atomic mass is 35.5. The standard InChI is InChI=1S/C20H28N4O3.ClH/c1-3-23(4-2)18(25)14-24-10-7-15-13-16(5-6-17(15)24)22-19(26)20(21)8-11-27-12-9-20;/h5-7,10,13H,3-4,8-9,11-12,14,21H2,1-2H3,(H,22,26);1H. The Hall–Kier alpha value is -2.09. The van der Waals surface area contributed by atoms with Crippen LogP contribution in [0, 0.1) is 0 Å². The van der Waals surface area contributed by atoms with Gasteiger partial charge in [-0.05, 0) is 51.0 Å². The van der Waals surface area contributed by atoms with E-state index in [1.54, 1.807) is 0 Å². The lowest BCUT2D eigenvalue weighted by molar-refractivity contribution is -0.131. The lowest BCUT2D eigenvalue weighted by atomic mass is 9.90. The van der Waals surface area contributed by atoms with Crippen LogP contribution in [0.25, 0.3) is 10.9 Å². The molecule has 0 bridgehead atoms. The third kappa shape index (κ3) is 4.66. The quantitative estimate of drug-likeness (QED) is 0.767. The normalized spacial score (nSPS) is 15.7. The summed E-state index contributed by atoms with van der Waals surface area (Å²) in [6.45, 7) is 6.69. The molecule has 1 aliphatic rings. The van der Waals surface area contributed by atoms with Gasteiger partial charge in [-0.25, -0.2) is 0 Å². The molecular formula is C20H29ClN4O3. The van der Waals surface area contributed by atoms with Crippen molar-refractivity contribution in [1.29, 1.82) is 0 Å². The van der Waals surface area contributed by atoms with Crippen LogP contribution in [0.15, 0.2) is 30.5 Å². The zero-order valence-electron chi connectivity index (χ0n) is 16.4. The van der Waals surface area contributed by atoms with E-state index in [4.69, 9.17) is 10.5 Å². The molecule has 154 valence electrons. The molecule has 2 amide bonds. The maximum atomic E-state index is 12.6. The Kier molecular flexibility index (Phi) is 7.46. The maximum absolute atomic E-state index is 12.6. The summed E-state index contributed by atoms with van der Waals surface area (Å²) in [5, 5.41) is 3.90. The van der Waals surface area contributed by atoms with Gasteiger partial charge < -0.3 is 25.3 Å². The second-order valence-electron chi connectivity index (χ2n) is 7.01. The summed E-state index contributed by atoms with van der Waals surface area (Å²) in [6.07, 6.45) is 2.94. The molecule has 0 unspecified atom stereocenters. The monoisotopic (exact) mass is 408 g/mol. The summed E-state index contributed by atoms with van der Waals surface area (Å²) < 4.78 is 7.23. The lowest BCUT2D eigenvalue weighted by Crippen LogP contribution is -2.54. The Bertz CT molecular complexity index is 826. The summed E-state index contributed by atoms with van der Waals surface area (Å²) in [4.78, 5) is 26.7. The molecule has 1 aliphatic heterocycles. The van der Waals surface area contributed by atoms with Crippen molar-refractivity contribution in [1.82, 2.24) is 9.47 Å². The largest absolute Gasteiger partial charge is 0.381 e. The highest BCUT2D eigenvalue weighted by Gasteiger charge is 2.35. The molecule has 8 heteroatoms. The first kappa shape index (κ1) is 22.2. The van der Waals surface area contributed by atoms with E-state index in [1.807, 2.05) is 53.8 Å². The van der Waals surface area contributed by atoms with E-state index in [0.29, 0.717) is 51.4 Å². The molecule has 1 fully saturated rings. The average molecular weight is 409 g/mol. The van der Waals surface area contributed by atoms with Gasteiger partial charge >= 0.3 is 0 Å². The molecule has 3 N–H and O–H groups in total. The second kappa shape index (κ2) is 9.41. The van der Waals surface area contributed by atoms with Crippen LogP contribution in [0.4, 0.5) is 5.69 Å². The number of carbonyl (C=O) groups is 2. The summed E-state index contributed by atoms with van der Waals surface area (Å²) in [7, 11) is 0. The number of carbonyl (C=O) groups excluding carboxylic acids is 2. The summed E-state index contributed by atoms with van der Waals surface area (Å²) in [5.41, 5.74) is 7.02. The molecule has 28 heavy (non-hydrogen) atoms. The summed E-state index contributed by atoms with van der Waals surface area (Å²) in [6, 6.07) is 7.64. The first-order chi connectivity index (χ1) is 13.0. The van der Waals surface area contributed by atoms with Gasteiger partial charge in [-0.3, -0.25) is 9.59 Å². The van der Waals surface area contributed by atoms with Gasteiger partial charge in [-0.1, -0.05) is 0 Å². The van der Waals surface area contributed by atoms with Crippen molar-refractivity contribution in [3.63, 3.8) is 0 Å². The van der Waals surface area contributed by atoms with Gasteiger partial charge in [0.05, 0.1) is 0 Å². The number of fused-ring (bicyclic) bond motifs is 1. The number of hydrogen-bond acceptors (Lipinski definition) is 4. The van der Waals surface area contributed by atoms with Crippen LogP contribution in [0.1, 0.15) is 26.7 Å². The highest BCUT2D eigenvalue weighted by molar-refractivity contribution is 5.99. The average Bonchev–Trinajstić information content (AvgIpc) is 3.05. The van der Waals surface area contributed by atoms with Crippen LogP contribution in [-0.2, 0) is 20.9 Å². The number of benzene rings is 1. The molecule has 2 aromatic rings. The Labute approximate surface area is 171 Å². The lowest BCUT2D eigenvalue weighted by Gasteiger charge is -2.31. The molecule has 0 spiro atoms. The van der Waals surface area contributed by atoms with Crippen LogP contribution >= 0.6 is 12.4 Å². The number of ether oxygens (including phenoxy) is 1. The summed E-state index contributed by atoms with van der Waals surface area (Å²) >= 11 is 0. The van der Waals surface area contributed by atoms with E-state index in [2.05, 4.69) is 5.32 Å². The number of nitrogens with one attached hydrogen (secondary N) is 1. The van der Waals surface area contributed by atoms with Crippen molar-refractivity contribution < 1.29 is 14.3 Å². The predicted octanol–water partition coefficient (Wildman–Crippen LogP) is 2.38. The Morgan fingerprint density at radius 1 is 1.21 bits per heavy atom. The Balaban J connectivity index is 0.00000280. The first-order valence-electron chi connectivity index (χ1n) is 9.51.